The molecule has 1 aromatic heterocycles. The van der Waals surface area contributed by atoms with E-state index in [0.29, 0.717) is 16.4 Å². The van der Waals surface area contributed by atoms with E-state index in [1.54, 1.807) is 12.1 Å². The molecule has 132 valence electrons. The summed E-state index contributed by atoms with van der Waals surface area (Å²) in [5, 5.41) is 6.01. The van der Waals surface area contributed by atoms with Crippen molar-refractivity contribution in [3.8, 4) is 0 Å². The summed E-state index contributed by atoms with van der Waals surface area (Å²) in [5.74, 6) is 0.103. The first-order chi connectivity index (χ1) is 13.1. The van der Waals surface area contributed by atoms with Gasteiger partial charge in [0.2, 0.25) is 0 Å². The minimum absolute atomic E-state index is 0.321. The molecule has 1 aliphatic rings. The van der Waals surface area contributed by atoms with Crippen LogP contribution in [0.5, 0.6) is 0 Å². The topological polar surface area (TPSA) is 77.8 Å². The van der Waals surface area contributed by atoms with Gasteiger partial charge in [0.05, 0.1) is 11.3 Å². The molecule has 1 aliphatic heterocycles. The van der Waals surface area contributed by atoms with Crippen LogP contribution >= 0.6 is 11.6 Å². The molecule has 5 nitrogen and oxygen atoms in total. The zero-order chi connectivity index (χ0) is 18.5. The van der Waals surface area contributed by atoms with Crippen LogP contribution in [0.1, 0.15) is 22.6 Å². The number of nitrogens with one attached hydrogen (secondary N) is 3. The Morgan fingerprint density at radius 1 is 0.852 bits per heavy atom. The standard InChI is InChI=1S/C21H14ClN3O2/c22-13-8-5-12(6-9-13)16-15-10-7-11-3-1-2-4-14(11)18(15)23-19-17(16)20(26)25-21(27)24-19/h1-10,16H,(H3,23,24,25,26,27). The molecular formula is C21H14ClN3O2. The van der Waals surface area contributed by atoms with Gasteiger partial charge in [-0.2, -0.15) is 0 Å². The molecular weight excluding hydrogens is 362 g/mol. The Morgan fingerprint density at radius 2 is 1.63 bits per heavy atom. The highest BCUT2D eigenvalue weighted by Crippen LogP contribution is 2.45. The van der Waals surface area contributed by atoms with Gasteiger partial charge in [-0.1, -0.05) is 60.1 Å². The second-order valence-corrected chi connectivity index (χ2v) is 6.99. The molecule has 0 spiro atoms. The predicted octanol–water partition coefficient (Wildman–Crippen LogP) is 4.11. The first-order valence-corrected chi connectivity index (χ1v) is 8.90. The molecule has 0 bridgehead atoms. The fraction of sp³-hybridized carbons (Fsp3) is 0.0476. The highest BCUT2D eigenvalue weighted by Gasteiger charge is 2.31. The first-order valence-electron chi connectivity index (χ1n) is 8.52. The summed E-state index contributed by atoms with van der Waals surface area (Å²) < 4.78 is 0. The molecule has 3 aromatic carbocycles. The number of aromatic nitrogens is 2. The molecule has 4 aromatic rings. The minimum atomic E-state index is -0.537. The monoisotopic (exact) mass is 375 g/mol. The van der Waals surface area contributed by atoms with Crippen molar-refractivity contribution in [2.45, 2.75) is 5.92 Å². The number of anilines is 2. The van der Waals surface area contributed by atoms with Crippen molar-refractivity contribution in [2.75, 3.05) is 5.32 Å². The third kappa shape index (κ3) is 2.47. The largest absolute Gasteiger partial charge is 0.341 e. The second kappa shape index (κ2) is 5.86. The van der Waals surface area contributed by atoms with Crippen LogP contribution in [0, 0.1) is 0 Å². The van der Waals surface area contributed by atoms with Crippen LogP contribution in [0.2, 0.25) is 5.02 Å². The van der Waals surface area contributed by atoms with Crippen molar-refractivity contribution in [1.29, 1.82) is 0 Å². The number of halogens is 1. The van der Waals surface area contributed by atoms with Gasteiger partial charge in [0.1, 0.15) is 5.82 Å². The molecule has 3 N–H and O–H groups in total. The zero-order valence-electron chi connectivity index (χ0n) is 14.0. The number of aromatic amines is 2. The highest BCUT2D eigenvalue weighted by atomic mass is 35.5. The van der Waals surface area contributed by atoms with E-state index >= 15 is 0 Å². The molecule has 0 saturated heterocycles. The lowest BCUT2D eigenvalue weighted by atomic mass is 9.81. The fourth-order valence-corrected chi connectivity index (χ4v) is 3.95. The molecule has 5 rings (SSSR count). The third-order valence-electron chi connectivity index (χ3n) is 4.99. The molecule has 2 heterocycles. The summed E-state index contributed by atoms with van der Waals surface area (Å²) in [5.41, 5.74) is 2.34. The summed E-state index contributed by atoms with van der Waals surface area (Å²) in [7, 11) is 0. The first kappa shape index (κ1) is 15.9. The molecule has 0 aliphatic carbocycles. The van der Waals surface area contributed by atoms with Crippen LogP contribution in [-0.4, -0.2) is 9.97 Å². The predicted molar refractivity (Wildman–Crippen MR) is 107 cm³/mol. The fourth-order valence-electron chi connectivity index (χ4n) is 3.82. The summed E-state index contributed by atoms with van der Waals surface area (Å²) in [6.45, 7) is 0. The Morgan fingerprint density at radius 3 is 2.44 bits per heavy atom. The molecule has 1 unspecified atom stereocenters. The van der Waals surface area contributed by atoms with E-state index in [-0.39, 0.29) is 5.92 Å². The number of benzene rings is 3. The van der Waals surface area contributed by atoms with Crippen molar-refractivity contribution < 1.29 is 0 Å². The van der Waals surface area contributed by atoms with Crippen LogP contribution < -0.4 is 16.6 Å². The Kier molecular flexibility index (Phi) is 3.45. The number of rotatable bonds is 1. The summed E-state index contributed by atoms with van der Waals surface area (Å²) in [6, 6.07) is 19.5. The van der Waals surface area contributed by atoms with E-state index in [1.165, 1.54) is 0 Å². The highest BCUT2D eigenvalue weighted by molar-refractivity contribution is 6.30. The number of hydrogen-bond donors (Lipinski definition) is 3. The molecule has 6 heteroatoms. The Balaban J connectivity index is 1.87. The average molecular weight is 376 g/mol. The van der Waals surface area contributed by atoms with Crippen molar-refractivity contribution in [3.63, 3.8) is 0 Å². The Hall–Kier alpha value is -3.31. The van der Waals surface area contributed by atoms with E-state index in [2.05, 4.69) is 15.3 Å². The van der Waals surface area contributed by atoms with Crippen LogP contribution in [0.15, 0.2) is 70.3 Å². The van der Waals surface area contributed by atoms with Gasteiger partial charge in [-0.15, -0.1) is 0 Å². The summed E-state index contributed by atoms with van der Waals surface area (Å²) in [6.07, 6.45) is 0. The lowest BCUT2D eigenvalue weighted by molar-refractivity contribution is 0.889. The Labute approximate surface area is 158 Å². The van der Waals surface area contributed by atoms with Crippen LogP contribution in [0.3, 0.4) is 0 Å². The number of hydrogen-bond acceptors (Lipinski definition) is 3. The number of H-pyrrole nitrogens is 2. The Bertz CT molecular complexity index is 1310. The van der Waals surface area contributed by atoms with Gasteiger partial charge in [-0.3, -0.25) is 14.8 Å². The molecule has 0 fully saturated rings. The third-order valence-corrected chi connectivity index (χ3v) is 5.25. The average Bonchev–Trinajstić information content (AvgIpc) is 2.67. The van der Waals surface area contributed by atoms with E-state index in [1.807, 2.05) is 48.5 Å². The van der Waals surface area contributed by atoms with Crippen LogP contribution in [0.4, 0.5) is 11.5 Å². The summed E-state index contributed by atoms with van der Waals surface area (Å²) >= 11 is 6.05. The zero-order valence-corrected chi connectivity index (χ0v) is 14.8. The van der Waals surface area contributed by atoms with Crippen molar-refractivity contribution in [3.05, 3.63) is 103 Å². The molecule has 0 saturated carbocycles. The van der Waals surface area contributed by atoms with Gasteiger partial charge in [0, 0.05) is 16.3 Å². The maximum atomic E-state index is 12.7. The van der Waals surface area contributed by atoms with Gasteiger partial charge in [-0.25, -0.2) is 4.79 Å². The van der Waals surface area contributed by atoms with Crippen molar-refractivity contribution >= 4 is 33.9 Å². The second-order valence-electron chi connectivity index (χ2n) is 6.56. The summed E-state index contributed by atoms with van der Waals surface area (Å²) in [4.78, 5) is 29.6. The van der Waals surface area contributed by atoms with Crippen LogP contribution in [0.25, 0.3) is 10.8 Å². The van der Waals surface area contributed by atoms with E-state index in [4.69, 9.17) is 11.6 Å². The molecule has 0 amide bonds. The lowest BCUT2D eigenvalue weighted by Crippen LogP contribution is -2.31. The van der Waals surface area contributed by atoms with Gasteiger partial charge < -0.3 is 5.32 Å². The minimum Gasteiger partial charge on any atom is -0.341 e. The lowest BCUT2D eigenvalue weighted by Gasteiger charge is -2.29. The smallest absolute Gasteiger partial charge is 0.327 e. The van der Waals surface area contributed by atoms with Gasteiger partial charge >= 0.3 is 5.69 Å². The van der Waals surface area contributed by atoms with E-state index < -0.39 is 11.2 Å². The van der Waals surface area contributed by atoms with E-state index in [0.717, 1.165) is 27.6 Å². The molecule has 0 radical (unpaired) electrons. The SMILES string of the molecule is O=c1[nH]c2c(c(=O)[nH]1)C(c1ccc(Cl)cc1)c1ccc3ccccc3c1N2. The van der Waals surface area contributed by atoms with Crippen molar-refractivity contribution in [1.82, 2.24) is 9.97 Å². The maximum Gasteiger partial charge on any atom is 0.327 e. The normalized spacial score (nSPS) is 15.1. The van der Waals surface area contributed by atoms with Crippen molar-refractivity contribution in [2.24, 2.45) is 0 Å². The van der Waals surface area contributed by atoms with E-state index in [9.17, 15) is 9.59 Å². The van der Waals surface area contributed by atoms with Crippen LogP contribution in [-0.2, 0) is 0 Å². The maximum absolute atomic E-state index is 12.7. The van der Waals surface area contributed by atoms with Gasteiger partial charge in [-0.05, 0) is 28.6 Å². The number of fused-ring (bicyclic) bond motifs is 4. The van der Waals surface area contributed by atoms with Gasteiger partial charge in [0.25, 0.3) is 5.56 Å². The molecule has 27 heavy (non-hydrogen) atoms. The quantitative estimate of drug-likeness (QED) is 0.412. The molecule has 1 atom stereocenters. The van der Waals surface area contributed by atoms with Gasteiger partial charge in [0.15, 0.2) is 0 Å².